The maximum absolute atomic E-state index is 13.8. The van der Waals surface area contributed by atoms with Gasteiger partial charge in [0, 0.05) is 32.7 Å². The smallest absolute Gasteiger partial charge is 0.257 e. The molecule has 2 aromatic rings. The van der Waals surface area contributed by atoms with E-state index < -0.39 is 23.6 Å². The fraction of sp³-hybridized carbons (Fsp3) is 0.316. The van der Waals surface area contributed by atoms with Crippen LogP contribution >= 0.6 is 0 Å². The molecule has 0 saturated carbocycles. The van der Waals surface area contributed by atoms with E-state index in [0.29, 0.717) is 32.7 Å². The van der Waals surface area contributed by atoms with Crippen molar-refractivity contribution in [3.8, 4) is 0 Å². The molecule has 1 saturated heterocycles. The molecule has 1 amide bonds. The van der Waals surface area contributed by atoms with Crippen molar-refractivity contribution in [1.82, 2.24) is 9.80 Å². The van der Waals surface area contributed by atoms with Crippen LogP contribution in [-0.4, -0.2) is 53.5 Å². The first kappa shape index (κ1) is 17.5. The molecule has 132 valence electrons. The Morgan fingerprint density at radius 1 is 1.00 bits per heavy atom. The van der Waals surface area contributed by atoms with E-state index in [1.165, 1.54) is 17.0 Å². The third kappa shape index (κ3) is 4.03. The topological polar surface area (TPSA) is 43.8 Å². The molecule has 1 aliphatic rings. The molecule has 6 heteroatoms. The van der Waals surface area contributed by atoms with Gasteiger partial charge in [-0.3, -0.25) is 9.69 Å². The summed E-state index contributed by atoms with van der Waals surface area (Å²) in [6, 6.07) is 13.0. The van der Waals surface area contributed by atoms with E-state index in [-0.39, 0.29) is 5.56 Å². The van der Waals surface area contributed by atoms with Gasteiger partial charge in [-0.25, -0.2) is 8.78 Å². The second-order valence-corrected chi connectivity index (χ2v) is 6.12. The van der Waals surface area contributed by atoms with Crippen molar-refractivity contribution in [3.05, 3.63) is 71.3 Å². The first-order valence-corrected chi connectivity index (χ1v) is 8.25. The highest BCUT2D eigenvalue weighted by Crippen LogP contribution is 2.17. The Bertz CT molecular complexity index is 731. The number of hydrogen-bond donors (Lipinski definition) is 1. The van der Waals surface area contributed by atoms with Gasteiger partial charge in [0.05, 0.1) is 11.7 Å². The van der Waals surface area contributed by atoms with Crippen LogP contribution < -0.4 is 0 Å². The summed E-state index contributed by atoms with van der Waals surface area (Å²) in [5.41, 5.74) is 0.612. The quantitative estimate of drug-likeness (QED) is 0.925. The van der Waals surface area contributed by atoms with E-state index in [0.717, 1.165) is 11.6 Å². The van der Waals surface area contributed by atoms with E-state index in [9.17, 15) is 18.7 Å². The number of piperazine rings is 1. The van der Waals surface area contributed by atoms with Crippen molar-refractivity contribution in [1.29, 1.82) is 0 Å². The van der Waals surface area contributed by atoms with E-state index in [1.807, 2.05) is 30.3 Å². The number of carbonyl (C=O) groups excluding carboxylic acids is 1. The number of rotatable bonds is 4. The first-order valence-electron chi connectivity index (χ1n) is 8.25. The van der Waals surface area contributed by atoms with E-state index >= 15 is 0 Å². The van der Waals surface area contributed by atoms with E-state index in [1.54, 1.807) is 0 Å². The molecule has 0 unspecified atom stereocenters. The van der Waals surface area contributed by atoms with E-state index in [2.05, 4.69) is 4.90 Å². The number of aliphatic hydroxyl groups is 1. The Labute approximate surface area is 145 Å². The van der Waals surface area contributed by atoms with Crippen LogP contribution in [0.3, 0.4) is 0 Å². The Morgan fingerprint density at radius 3 is 2.36 bits per heavy atom. The molecular weight excluding hydrogens is 326 g/mol. The summed E-state index contributed by atoms with van der Waals surface area (Å²) in [6.45, 7) is 2.45. The zero-order valence-corrected chi connectivity index (χ0v) is 13.7. The van der Waals surface area contributed by atoms with Gasteiger partial charge in [0.2, 0.25) is 0 Å². The number of nitrogens with zero attached hydrogens (tertiary/aromatic N) is 2. The van der Waals surface area contributed by atoms with Gasteiger partial charge in [-0.2, -0.15) is 0 Å². The van der Waals surface area contributed by atoms with Gasteiger partial charge in [-0.1, -0.05) is 36.4 Å². The van der Waals surface area contributed by atoms with Gasteiger partial charge in [-0.15, -0.1) is 0 Å². The molecule has 1 aliphatic heterocycles. The van der Waals surface area contributed by atoms with Crippen molar-refractivity contribution in [3.63, 3.8) is 0 Å². The second kappa shape index (κ2) is 7.72. The van der Waals surface area contributed by atoms with Gasteiger partial charge in [0.25, 0.3) is 5.91 Å². The molecule has 3 rings (SSSR count). The summed E-state index contributed by atoms with van der Waals surface area (Å²) in [5, 5.41) is 10.3. The highest BCUT2D eigenvalue weighted by molar-refractivity contribution is 5.94. The van der Waals surface area contributed by atoms with Crippen LogP contribution in [-0.2, 0) is 0 Å². The Hall–Kier alpha value is -2.31. The molecule has 0 spiro atoms. The number of aliphatic hydroxyl groups excluding tert-OH is 1. The molecule has 0 aromatic heterocycles. The Balaban J connectivity index is 1.57. The predicted octanol–water partition coefficient (Wildman–Crippen LogP) is 2.46. The Morgan fingerprint density at radius 2 is 1.68 bits per heavy atom. The number of benzene rings is 2. The molecule has 2 aromatic carbocycles. The summed E-state index contributed by atoms with van der Waals surface area (Å²) < 4.78 is 27.1. The summed E-state index contributed by atoms with van der Waals surface area (Å²) in [4.78, 5) is 16.0. The molecule has 1 fully saturated rings. The zero-order chi connectivity index (χ0) is 17.8. The van der Waals surface area contributed by atoms with Crippen LogP contribution in [0.15, 0.2) is 48.5 Å². The van der Waals surface area contributed by atoms with Crippen molar-refractivity contribution >= 4 is 5.91 Å². The lowest BCUT2D eigenvalue weighted by molar-refractivity contribution is 0.0523. The second-order valence-electron chi connectivity index (χ2n) is 6.12. The highest BCUT2D eigenvalue weighted by Gasteiger charge is 2.26. The monoisotopic (exact) mass is 346 g/mol. The lowest BCUT2D eigenvalue weighted by atomic mass is 10.1. The molecule has 0 bridgehead atoms. The Kier molecular flexibility index (Phi) is 5.40. The fourth-order valence-corrected chi connectivity index (χ4v) is 3.00. The average molecular weight is 346 g/mol. The minimum absolute atomic E-state index is 0.238. The van der Waals surface area contributed by atoms with Crippen LogP contribution in [0.25, 0.3) is 0 Å². The maximum Gasteiger partial charge on any atom is 0.257 e. The first-order chi connectivity index (χ1) is 12.1. The van der Waals surface area contributed by atoms with Gasteiger partial charge in [-0.05, 0) is 17.7 Å². The minimum Gasteiger partial charge on any atom is -0.387 e. The summed E-state index contributed by atoms with van der Waals surface area (Å²) in [7, 11) is 0. The van der Waals surface area contributed by atoms with Crippen LogP contribution in [0, 0.1) is 11.6 Å². The molecule has 1 atom stereocenters. The number of carbonyl (C=O) groups is 1. The van der Waals surface area contributed by atoms with Crippen LogP contribution in [0.2, 0.25) is 0 Å². The van der Waals surface area contributed by atoms with Gasteiger partial charge >= 0.3 is 0 Å². The van der Waals surface area contributed by atoms with Gasteiger partial charge < -0.3 is 10.0 Å². The summed E-state index contributed by atoms with van der Waals surface area (Å²) in [5.74, 6) is -2.62. The average Bonchev–Trinajstić information content (AvgIpc) is 2.65. The predicted molar refractivity (Wildman–Crippen MR) is 90.1 cm³/mol. The summed E-state index contributed by atoms with van der Waals surface area (Å²) in [6.07, 6.45) is -0.593. The normalized spacial score (nSPS) is 16.7. The lowest BCUT2D eigenvalue weighted by Crippen LogP contribution is -2.49. The third-order valence-corrected chi connectivity index (χ3v) is 4.46. The molecule has 1 heterocycles. The van der Waals surface area contributed by atoms with Gasteiger partial charge in [0.1, 0.15) is 0 Å². The highest BCUT2D eigenvalue weighted by atomic mass is 19.2. The third-order valence-electron chi connectivity index (χ3n) is 4.46. The van der Waals surface area contributed by atoms with Crippen LogP contribution in [0.1, 0.15) is 22.0 Å². The number of hydrogen-bond acceptors (Lipinski definition) is 3. The van der Waals surface area contributed by atoms with Crippen molar-refractivity contribution in [2.24, 2.45) is 0 Å². The van der Waals surface area contributed by atoms with Crippen LogP contribution in [0.4, 0.5) is 8.78 Å². The molecule has 0 radical (unpaired) electrons. The lowest BCUT2D eigenvalue weighted by Gasteiger charge is -2.35. The largest absolute Gasteiger partial charge is 0.387 e. The summed E-state index contributed by atoms with van der Waals surface area (Å²) >= 11 is 0. The standard InChI is InChI=1S/C19H20F2N2O2/c20-16-8-4-7-15(18(16)21)19(25)23-11-9-22(10-12-23)13-17(24)14-5-2-1-3-6-14/h1-8,17,24H,9-13H2/t17-/m0/s1. The number of β-amino-alcohol motifs (C(OH)–C–C–N with tert-alkyl or cyclic N) is 1. The fourth-order valence-electron chi connectivity index (χ4n) is 3.00. The SMILES string of the molecule is O=C(c1cccc(F)c1F)N1CCN(C[C@H](O)c2ccccc2)CC1. The van der Waals surface area contributed by atoms with E-state index in [4.69, 9.17) is 0 Å². The number of amides is 1. The molecule has 25 heavy (non-hydrogen) atoms. The molecule has 0 aliphatic carbocycles. The zero-order valence-electron chi connectivity index (χ0n) is 13.7. The maximum atomic E-state index is 13.8. The minimum atomic E-state index is -1.10. The van der Waals surface area contributed by atoms with Crippen molar-refractivity contribution in [2.45, 2.75) is 6.10 Å². The van der Waals surface area contributed by atoms with Crippen LogP contribution in [0.5, 0.6) is 0 Å². The van der Waals surface area contributed by atoms with Crippen molar-refractivity contribution < 1.29 is 18.7 Å². The molecule has 1 N–H and O–H groups in total. The number of halogens is 2. The van der Waals surface area contributed by atoms with Gasteiger partial charge in [0.15, 0.2) is 11.6 Å². The molecule has 4 nitrogen and oxygen atoms in total. The van der Waals surface area contributed by atoms with Crippen molar-refractivity contribution in [2.75, 3.05) is 32.7 Å². The molecular formula is C19H20F2N2O2.